The van der Waals surface area contributed by atoms with Gasteiger partial charge < -0.3 is 19.4 Å². The van der Waals surface area contributed by atoms with E-state index in [1.165, 1.54) is 0 Å². The Morgan fingerprint density at radius 3 is 2.53 bits per heavy atom. The lowest BCUT2D eigenvalue weighted by atomic mass is 10.2. The lowest BCUT2D eigenvalue weighted by molar-refractivity contribution is 0.412. The number of pyridine rings is 1. The largest absolute Gasteiger partial charge is 0.497 e. The molecule has 3 aromatic heterocycles. The van der Waals surface area contributed by atoms with Crippen molar-refractivity contribution in [3.8, 4) is 28.6 Å². The van der Waals surface area contributed by atoms with Gasteiger partial charge in [0.05, 0.1) is 19.7 Å². The SMILES string of the molecule is COc1cccc(-c2nc3c(Nc4ccc(-n5cnc(C)n5)c(OC)c4)nc(C)cc3n2C)c1. The Morgan fingerprint density at radius 2 is 1.79 bits per heavy atom. The number of methoxy groups -OCH3 is 2. The van der Waals surface area contributed by atoms with E-state index in [0.29, 0.717) is 17.4 Å². The van der Waals surface area contributed by atoms with Gasteiger partial charge in [0.15, 0.2) is 5.82 Å². The fraction of sp³-hybridized carbons (Fsp3) is 0.200. The Hall–Kier alpha value is -4.40. The Bertz CT molecular complexity index is 1500. The summed E-state index contributed by atoms with van der Waals surface area (Å²) >= 11 is 0. The van der Waals surface area contributed by atoms with E-state index in [0.717, 1.165) is 45.2 Å². The molecule has 5 rings (SSSR count). The van der Waals surface area contributed by atoms with Crippen LogP contribution in [0.15, 0.2) is 54.9 Å². The highest BCUT2D eigenvalue weighted by atomic mass is 16.5. The van der Waals surface area contributed by atoms with Crippen LogP contribution in [0.1, 0.15) is 11.5 Å². The lowest BCUT2D eigenvalue weighted by Crippen LogP contribution is -2.01. The maximum atomic E-state index is 5.62. The first-order chi connectivity index (χ1) is 16.5. The van der Waals surface area contributed by atoms with E-state index in [9.17, 15) is 0 Å². The van der Waals surface area contributed by atoms with Crippen LogP contribution in [0.5, 0.6) is 11.5 Å². The third-order valence-electron chi connectivity index (χ3n) is 5.62. The predicted molar refractivity (Wildman–Crippen MR) is 131 cm³/mol. The summed E-state index contributed by atoms with van der Waals surface area (Å²) in [5.41, 5.74) is 5.24. The number of imidazole rings is 1. The van der Waals surface area contributed by atoms with E-state index < -0.39 is 0 Å². The molecule has 0 saturated heterocycles. The van der Waals surface area contributed by atoms with Crippen molar-refractivity contribution in [3.63, 3.8) is 0 Å². The maximum Gasteiger partial charge on any atom is 0.158 e. The van der Waals surface area contributed by atoms with Crippen molar-refractivity contribution in [1.29, 1.82) is 0 Å². The van der Waals surface area contributed by atoms with Gasteiger partial charge in [-0.2, -0.15) is 5.10 Å². The molecule has 0 fully saturated rings. The van der Waals surface area contributed by atoms with Crippen molar-refractivity contribution in [1.82, 2.24) is 29.3 Å². The van der Waals surface area contributed by atoms with Crippen molar-refractivity contribution in [2.24, 2.45) is 7.05 Å². The van der Waals surface area contributed by atoms with Crippen molar-refractivity contribution in [3.05, 3.63) is 66.4 Å². The third-order valence-corrected chi connectivity index (χ3v) is 5.62. The number of hydrogen-bond acceptors (Lipinski definition) is 7. The van der Waals surface area contributed by atoms with Crippen LogP contribution in [0.25, 0.3) is 28.1 Å². The van der Waals surface area contributed by atoms with Gasteiger partial charge in [-0.05, 0) is 44.2 Å². The highest BCUT2D eigenvalue weighted by Crippen LogP contribution is 2.33. The molecule has 0 amide bonds. The molecule has 9 heteroatoms. The highest BCUT2D eigenvalue weighted by Gasteiger charge is 2.16. The fourth-order valence-electron chi connectivity index (χ4n) is 3.96. The Kier molecular flexibility index (Phi) is 5.37. The van der Waals surface area contributed by atoms with Crippen LogP contribution in [-0.4, -0.2) is 43.5 Å². The summed E-state index contributed by atoms with van der Waals surface area (Å²) in [5.74, 6) is 3.64. The molecule has 0 aliphatic rings. The van der Waals surface area contributed by atoms with E-state index in [1.54, 1.807) is 25.2 Å². The normalized spacial score (nSPS) is 11.1. The molecular formula is C25H25N7O2. The first-order valence-corrected chi connectivity index (χ1v) is 10.8. The zero-order chi connectivity index (χ0) is 23.8. The number of aromatic nitrogens is 6. The zero-order valence-electron chi connectivity index (χ0n) is 19.7. The molecule has 5 aromatic rings. The summed E-state index contributed by atoms with van der Waals surface area (Å²) in [6.45, 7) is 3.82. The van der Waals surface area contributed by atoms with Crippen LogP contribution < -0.4 is 14.8 Å². The molecule has 9 nitrogen and oxygen atoms in total. The summed E-state index contributed by atoms with van der Waals surface area (Å²) in [5, 5.41) is 7.80. The summed E-state index contributed by atoms with van der Waals surface area (Å²) in [6, 6.07) is 15.7. The van der Waals surface area contributed by atoms with Gasteiger partial charge in [0.2, 0.25) is 0 Å². The average molecular weight is 456 g/mol. The lowest BCUT2D eigenvalue weighted by Gasteiger charge is -2.12. The standard InChI is InChI=1S/C25H25N7O2/c1-15-11-21-23(29-25(31(21)3)17-7-6-8-19(12-17)33-4)24(27-15)28-18-9-10-20(22(13-18)34-5)32-14-26-16(2)30-32/h6-14H,1-5H3,(H,27,28). The van der Waals surface area contributed by atoms with Gasteiger partial charge in [-0.3, -0.25) is 0 Å². The van der Waals surface area contributed by atoms with Gasteiger partial charge in [-0.15, -0.1) is 0 Å². The maximum absolute atomic E-state index is 5.62. The predicted octanol–water partition coefficient (Wildman–Crippen LogP) is 4.59. The number of nitrogens with zero attached hydrogens (tertiary/aromatic N) is 6. The number of ether oxygens (including phenoxy) is 2. The molecule has 172 valence electrons. The van der Waals surface area contributed by atoms with Crippen molar-refractivity contribution < 1.29 is 9.47 Å². The molecule has 0 atom stereocenters. The number of nitrogens with one attached hydrogen (secondary N) is 1. The second-order valence-corrected chi connectivity index (χ2v) is 7.95. The summed E-state index contributed by atoms with van der Waals surface area (Å²) in [7, 11) is 5.30. The molecule has 1 N–H and O–H groups in total. The molecule has 0 bridgehead atoms. The number of aryl methyl sites for hydroxylation is 3. The van der Waals surface area contributed by atoms with E-state index in [2.05, 4.69) is 20.0 Å². The number of anilines is 2. The average Bonchev–Trinajstić information content (AvgIpc) is 3.42. The van der Waals surface area contributed by atoms with E-state index >= 15 is 0 Å². The van der Waals surface area contributed by atoms with Crippen molar-refractivity contribution in [2.75, 3.05) is 19.5 Å². The molecular weight excluding hydrogens is 430 g/mol. The van der Waals surface area contributed by atoms with E-state index in [4.69, 9.17) is 19.4 Å². The van der Waals surface area contributed by atoms with E-state index in [1.807, 2.05) is 69.4 Å². The Balaban J connectivity index is 1.56. The zero-order valence-corrected chi connectivity index (χ0v) is 19.7. The Labute approximate surface area is 197 Å². The second kappa shape index (κ2) is 8.51. The van der Waals surface area contributed by atoms with Gasteiger partial charge >= 0.3 is 0 Å². The second-order valence-electron chi connectivity index (χ2n) is 7.95. The topological polar surface area (TPSA) is 91.9 Å². The van der Waals surface area contributed by atoms with Gasteiger partial charge in [-0.25, -0.2) is 19.6 Å². The van der Waals surface area contributed by atoms with Gasteiger partial charge in [-0.1, -0.05) is 12.1 Å². The molecule has 2 aromatic carbocycles. The minimum absolute atomic E-state index is 0.664. The molecule has 34 heavy (non-hydrogen) atoms. The minimum Gasteiger partial charge on any atom is -0.497 e. The Morgan fingerprint density at radius 1 is 0.941 bits per heavy atom. The first-order valence-electron chi connectivity index (χ1n) is 10.8. The molecule has 3 heterocycles. The van der Waals surface area contributed by atoms with Crippen LogP contribution in [0.4, 0.5) is 11.5 Å². The number of fused-ring (bicyclic) bond motifs is 1. The molecule has 0 spiro atoms. The van der Waals surface area contributed by atoms with Gasteiger partial charge in [0.25, 0.3) is 0 Å². The monoisotopic (exact) mass is 455 g/mol. The van der Waals surface area contributed by atoms with Crippen LogP contribution >= 0.6 is 0 Å². The highest BCUT2D eigenvalue weighted by molar-refractivity contribution is 5.91. The smallest absolute Gasteiger partial charge is 0.158 e. The minimum atomic E-state index is 0.664. The van der Waals surface area contributed by atoms with Gasteiger partial charge in [0.1, 0.15) is 40.7 Å². The first kappa shape index (κ1) is 21.4. The molecule has 0 saturated carbocycles. The van der Waals surface area contributed by atoms with Crippen LogP contribution in [0.2, 0.25) is 0 Å². The van der Waals surface area contributed by atoms with Gasteiger partial charge in [0, 0.05) is 30.1 Å². The quantitative estimate of drug-likeness (QED) is 0.400. The molecule has 0 unspecified atom stereocenters. The molecule has 0 radical (unpaired) electrons. The molecule has 0 aliphatic heterocycles. The number of benzene rings is 2. The van der Waals surface area contributed by atoms with Crippen molar-refractivity contribution in [2.45, 2.75) is 13.8 Å². The number of rotatable bonds is 6. The molecule has 0 aliphatic carbocycles. The summed E-state index contributed by atoms with van der Waals surface area (Å²) < 4.78 is 14.8. The summed E-state index contributed by atoms with van der Waals surface area (Å²) in [6.07, 6.45) is 1.67. The van der Waals surface area contributed by atoms with Crippen LogP contribution in [0.3, 0.4) is 0 Å². The van der Waals surface area contributed by atoms with Crippen LogP contribution in [-0.2, 0) is 7.05 Å². The third kappa shape index (κ3) is 3.81. The fourth-order valence-corrected chi connectivity index (χ4v) is 3.96. The van der Waals surface area contributed by atoms with Crippen LogP contribution in [0, 0.1) is 13.8 Å². The van der Waals surface area contributed by atoms with Crippen molar-refractivity contribution >= 4 is 22.5 Å². The number of hydrogen-bond donors (Lipinski definition) is 1. The summed E-state index contributed by atoms with van der Waals surface area (Å²) in [4.78, 5) is 13.9. The van der Waals surface area contributed by atoms with E-state index in [-0.39, 0.29) is 0 Å².